The van der Waals surface area contributed by atoms with E-state index < -0.39 is 18.2 Å². The van der Waals surface area contributed by atoms with Crippen LogP contribution in [0.3, 0.4) is 0 Å². The molecule has 0 saturated carbocycles. The normalized spacial score (nSPS) is 14.5. The number of benzene rings is 1. The summed E-state index contributed by atoms with van der Waals surface area (Å²) in [7, 11) is 0. The number of aliphatic hydroxyl groups is 2. The molecule has 1 aromatic rings. The summed E-state index contributed by atoms with van der Waals surface area (Å²) in [5.74, 6) is -1.48. The van der Waals surface area contributed by atoms with E-state index in [2.05, 4.69) is 0 Å². The molecule has 17 heavy (non-hydrogen) atoms. The first kappa shape index (κ1) is 13.1. The largest absolute Gasteiger partial charge is 0.479 e. The van der Waals surface area contributed by atoms with Crippen LogP contribution in [0.15, 0.2) is 30.3 Å². The monoisotopic (exact) mass is 236 g/mol. The van der Waals surface area contributed by atoms with Gasteiger partial charge < -0.3 is 15.3 Å². The minimum absolute atomic E-state index is 0.295. The van der Waals surface area contributed by atoms with Gasteiger partial charge in [-0.15, -0.1) is 0 Å². The lowest BCUT2D eigenvalue weighted by atomic mass is 10.0. The third kappa shape index (κ3) is 3.51. The molecule has 3 N–H and O–H groups in total. The molecule has 5 nitrogen and oxygen atoms in total. The Kier molecular flexibility index (Phi) is 4.56. The van der Waals surface area contributed by atoms with Crippen LogP contribution in [-0.4, -0.2) is 33.7 Å². The van der Waals surface area contributed by atoms with Gasteiger partial charge in [-0.25, -0.2) is 4.79 Å². The summed E-state index contributed by atoms with van der Waals surface area (Å²) in [6.45, 7) is 0. The molecular weight excluding hydrogens is 224 g/mol. The number of carboxylic acid groups (broad SMARTS) is 1. The van der Waals surface area contributed by atoms with Gasteiger partial charge in [-0.3, -0.25) is 4.79 Å². The lowest BCUT2D eigenvalue weighted by Crippen LogP contribution is -2.27. The highest BCUT2D eigenvalue weighted by Crippen LogP contribution is 2.18. The van der Waals surface area contributed by atoms with Crippen molar-refractivity contribution in [3.63, 3.8) is 0 Å². The topological polar surface area (TPSA) is 94.8 Å². The number of hydrogen-bond donors (Lipinski definition) is 3. The second kappa shape index (κ2) is 5.93. The zero-order valence-electron chi connectivity index (χ0n) is 8.85. The van der Waals surface area contributed by atoms with Crippen molar-refractivity contribution in [1.82, 2.24) is 0 Å². The first-order chi connectivity index (χ1) is 8.06. The van der Waals surface area contributed by atoms with Gasteiger partial charge in [0.15, 0.2) is 6.10 Å². The van der Waals surface area contributed by atoms with E-state index in [-0.39, 0.29) is 0 Å². The van der Waals surface area contributed by atoms with Gasteiger partial charge in [0.2, 0.25) is 0 Å². The van der Waals surface area contributed by atoms with Crippen LogP contribution < -0.4 is 0 Å². The van der Waals surface area contributed by atoms with Gasteiger partial charge in [-0.1, -0.05) is 30.3 Å². The van der Waals surface area contributed by atoms with Crippen molar-refractivity contribution < 1.29 is 24.9 Å². The maximum absolute atomic E-state index is 10.5. The fourth-order valence-corrected chi connectivity index (χ4v) is 1.27. The average molecular weight is 236 g/mol. The first-order valence-electron chi connectivity index (χ1n) is 4.87. The van der Waals surface area contributed by atoms with Crippen molar-refractivity contribution in [2.75, 3.05) is 0 Å². The van der Waals surface area contributed by atoms with Crippen LogP contribution >= 0.6 is 0 Å². The van der Waals surface area contributed by atoms with Crippen molar-refractivity contribution in [1.29, 1.82) is 0 Å². The van der Waals surface area contributed by atoms with Crippen molar-refractivity contribution in [2.24, 2.45) is 0 Å². The summed E-state index contributed by atoms with van der Waals surface area (Å²) in [6.07, 6.45) is 0.189. The highest BCUT2D eigenvalue weighted by atomic mass is 16.4. The molecule has 0 amide bonds. The number of hydrogen-bond acceptors (Lipinski definition) is 4. The number of aliphatic carboxylic acids is 1. The molecule has 0 radical (unpaired) electrons. The van der Waals surface area contributed by atoms with Gasteiger partial charge in [-0.05, 0) is 17.2 Å². The Morgan fingerprint density at radius 1 is 1.18 bits per heavy atom. The first-order valence-corrected chi connectivity index (χ1v) is 4.87. The number of aliphatic hydroxyl groups excluding tert-OH is 2. The molecule has 0 fully saturated rings. The van der Waals surface area contributed by atoms with Gasteiger partial charge in [0.1, 0.15) is 12.4 Å². The zero-order valence-corrected chi connectivity index (χ0v) is 8.85. The molecule has 5 heteroatoms. The fraction of sp³-hybridized carbons (Fsp3) is 0.167. The van der Waals surface area contributed by atoms with E-state index in [4.69, 9.17) is 10.2 Å². The Morgan fingerprint density at radius 2 is 1.76 bits per heavy atom. The molecule has 1 aromatic carbocycles. The van der Waals surface area contributed by atoms with Crippen LogP contribution in [0.5, 0.6) is 0 Å². The highest BCUT2D eigenvalue weighted by Gasteiger charge is 2.24. The predicted octanol–water partition coefficient (Wildman–Crippen LogP) is 0.378. The van der Waals surface area contributed by atoms with Crippen molar-refractivity contribution >= 4 is 18.3 Å². The maximum Gasteiger partial charge on any atom is 0.335 e. The number of aldehydes is 1. The molecule has 90 valence electrons. The number of carbonyl (C=O) groups is 2. The molecule has 1 rings (SSSR count). The number of allylic oxidation sites excluding steroid dienone is 1. The summed E-state index contributed by atoms with van der Waals surface area (Å²) >= 11 is 0. The smallest absolute Gasteiger partial charge is 0.335 e. The van der Waals surface area contributed by atoms with E-state index in [0.29, 0.717) is 11.8 Å². The molecule has 2 unspecified atom stereocenters. The number of carbonyl (C=O) groups excluding carboxylic acids is 1. The van der Waals surface area contributed by atoms with Crippen molar-refractivity contribution in [3.8, 4) is 0 Å². The fourth-order valence-electron chi connectivity index (χ4n) is 1.27. The molecule has 0 heterocycles. The lowest BCUT2D eigenvalue weighted by Gasteiger charge is -2.14. The van der Waals surface area contributed by atoms with Crippen molar-refractivity contribution in [3.05, 3.63) is 41.5 Å². The molecule has 0 aliphatic carbocycles. The molecule has 2 atom stereocenters. The van der Waals surface area contributed by atoms with E-state index in [0.717, 1.165) is 5.56 Å². The van der Waals surface area contributed by atoms with E-state index in [1.54, 1.807) is 18.2 Å². The Hall–Kier alpha value is -1.98. The van der Waals surface area contributed by atoms with Gasteiger partial charge in [-0.2, -0.15) is 0 Å². The molecular formula is C12H12O5. The Balaban J connectivity index is 2.83. The van der Waals surface area contributed by atoms with E-state index >= 15 is 0 Å². The van der Waals surface area contributed by atoms with E-state index in [9.17, 15) is 14.7 Å². The maximum atomic E-state index is 10.5. The van der Waals surface area contributed by atoms with Crippen LogP contribution in [0, 0.1) is 0 Å². The molecule has 0 spiro atoms. The molecule has 0 aliphatic rings. The number of carboxylic acids is 1. The van der Waals surface area contributed by atoms with Crippen LogP contribution in [0.2, 0.25) is 0 Å². The summed E-state index contributed by atoms with van der Waals surface area (Å²) in [6, 6.07) is 6.18. The molecule has 0 aromatic heterocycles. The van der Waals surface area contributed by atoms with E-state index in [1.165, 1.54) is 18.2 Å². The van der Waals surface area contributed by atoms with Crippen molar-refractivity contribution in [2.45, 2.75) is 12.2 Å². The summed E-state index contributed by atoms with van der Waals surface area (Å²) < 4.78 is 0. The zero-order chi connectivity index (χ0) is 12.8. The molecule has 0 saturated heterocycles. The summed E-state index contributed by atoms with van der Waals surface area (Å²) in [5, 5.41) is 27.2. The SMILES string of the molecule is O=C/C=C/c1ccc(C(O)C(O)C(=O)O)cc1. The third-order valence-corrected chi connectivity index (χ3v) is 2.20. The van der Waals surface area contributed by atoms with Crippen LogP contribution in [0.4, 0.5) is 0 Å². The highest BCUT2D eigenvalue weighted by molar-refractivity contribution is 5.74. The minimum Gasteiger partial charge on any atom is -0.479 e. The Morgan fingerprint density at radius 3 is 2.24 bits per heavy atom. The predicted molar refractivity (Wildman–Crippen MR) is 60.1 cm³/mol. The van der Waals surface area contributed by atoms with Crippen LogP contribution in [0.25, 0.3) is 6.08 Å². The lowest BCUT2D eigenvalue weighted by molar-refractivity contribution is -0.153. The molecule has 0 aliphatic heterocycles. The minimum atomic E-state index is -1.86. The summed E-state index contributed by atoms with van der Waals surface area (Å²) in [5.41, 5.74) is 1.03. The van der Waals surface area contributed by atoms with Gasteiger partial charge in [0.25, 0.3) is 0 Å². The number of rotatable bonds is 5. The Bertz CT molecular complexity index is 421. The van der Waals surface area contributed by atoms with E-state index in [1.807, 2.05) is 0 Å². The standard InChI is InChI=1S/C12H12O5/c13-7-1-2-8-3-5-9(6-4-8)10(14)11(15)12(16)17/h1-7,10-11,14-15H,(H,16,17)/b2-1+. The Labute approximate surface area is 97.6 Å². The second-order valence-corrected chi connectivity index (χ2v) is 3.39. The summed E-state index contributed by atoms with van der Waals surface area (Å²) in [4.78, 5) is 20.6. The van der Waals surface area contributed by atoms with Gasteiger partial charge in [0.05, 0.1) is 0 Å². The molecule has 0 bridgehead atoms. The third-order valence-electron chi connectivity index (χ3n) is 2.20. The quantitative estimate of drug-likeness (QED) is 0.507. The van der Waals surface area contributed by atoms with Crippen LogP contribution in [-0.2, 0) is 9.59 Å². The second-order valence-electron chi connectivity index (χ2n) is 3.39. The van der Waals surface area contributed by atoms with Gasteiger partial charge >= 0.3 is 5.97 Å². The van der Waals surface area contributed by atoms with Gasteiger partial charge in [0, 0.05) is 0 Å². The average Bonchev–Trinajstić information content (AvgIpc) is 2.35. The van der Waals surface area contributed by atoms with Crippen LogP contribution in [0.1, 0.15) is 17.2 Å².